The zero-order chi connectivity index (χ0) is 10.5. The van der Waals surface area contributed by atoms with Gasteiger partial charge in [-0.2, -0.15) is 8.42 Å². The van der Waals surface area contributed by atoms with Crippen molar-refractivity contribution in [3.63, 3.8) is 0 Å². The van der Waals surface area contributed by atoms with Crippen LogP contribution in [0.5, 0.6) is 0 Å². The lowest BCUT2D eigenvalue weighted by atomic mass is 10.2. The first-order valence-electron chi connectivity index (χ1n) is 4.34. The van der Waals surface area contributed by atoms with Crippen LogP contribution in [0.3, 0.4) is 0 Å². The molecule has 4 nitrogen and oxygen atoms in total. The van der Waals surface area contributed by atoms with Crippen LogP contribution in [0.15, 0.2) is 0 Å². The molecule has 0 atom stereocenters. The van der Waals surface area contributed by atoms with Gasteiger partial charge >= 0.3 is 0 Å². The largest absolute Gasteiger partial charge is 0.309 e. The van der Waals surface area contributed by atoms with Gasteiger partial charge in [-0.3, -0.25) is 4.55 Å². The Balaban J connectivity index is 4.12. The monoisotopic (exact) mass is 208 g/mol. The summed E-state index contributed by atoms with van der Waals surface area (Å²) in [6.07, 6.45) is 1.61. The lowest BCUT2D eigenvalue weighted by molar-refractivity contribution is 0.399. The van der Waals surface area contributed by atoms with Crippen molar-refractivity contribution in [2.75, 3.05) is 20.6 Å². The van der Waals surface area contributed by atoms with Crippen LogP contribution in [0.2, 0.25) is 0 Å². The SMILES string of the molecule is CCC[C](CCN(C)C)S(=O)(=O)O. The molecule has 5 heteroatoms. The summed E-state index contributed by atoms with van der Waals surface area (Å²) in [5.74, 6) is 0. The first kappa shape index (κ1) is 12.9. The van der Waals surface area contributed by atoms with Gasteiger partial charge in [-0.25, -0.2) is 0 Å². The van der Waals surface area contributed by atoms with E-state index < -0.39 is 10.1 Å². The van der Waals surface area contributed by atoms with E-state index in [1.165, 1.54) is 0 Å². The normalized spacial score (nSPS) is 12.8. The summed E-state index contributed by atoms with van der Waals surface area (Å²) in [5.41, 5.74) is 0. The molecule has 0 amide bonds. The van der Waals surface area contributed by atoms with Gasteiger partial charge in [0.2, 0.25) is 0 Å². The number of hydrogen-bond acceptors (Lipinski definition) is 3. The molecule has 0 saturated carbocycles. The fraction of sp³-hybridized carbons (Fsp3) is 0.875. The molecule has 13 heavy (non-hydrogen) atoms. The predicted molar refractivity (Wildman–Crippen MR) is 52.9 cm³/mol. The molecule has 0 fully saturated rings. The first-order valence-corrected chi connectivity index (χ1v) is 5.78. The van der Waals surface area contributed by atoms with E-state index in [4.69, 9.17) is 4.55 Å². The second-order valence-corrected chi connectivity index (χ2v) is 4.84. The van der Waals surface area contributed by atoms with E-state index in [-0.39, 0.29) is 5.25 Å². The Morgan fingerprint density at radius 1 is 1.31 bits per heavy atom. The average Bonchev–Trinajstić information content (AvgIpc) is 1.95. The predicted octanol–water partition coefficient (Wildman–Crippen LogP) is 1.16. The van der Waals surface area contributed by atoms with Gasteiger partial charge in [0, 0.05) is 0 Å². The minimum absolute atomic E-state index is 0.240. The van der Waals surface area contributed by atoms with Crippen molar-refractivity contribution in [1.29, 1.82) is 0 Å². The van der Waals surface area contributed by atoms with Crippen molar-refractivity contribution in [3.05, 3.63) is 5.25 Å². The average molecular weight is 208 g/mol. The van der Waals surface area contributed by atoms with E-state index in [2.05, 4.69) is 0 Å². The van der Waals surface area contributed by atoms with E-state index >= 15 is 0 Å². The Morgan fingerprint density at radius 3 is 2.15 bits per heavy atom. The van der Waals surface area contributed by atoms with E-state index in [9.17, 15) is 8.42 Å². The highest BCUT2D eigenvalue weighted by Crippen LogP contribution is 2.19. The van der Waals surface area contributed by atoms with Gasteiger partial charge in [0.25, 0.3) is 10.1 Å². The Bertz CT molecular complexity index is 224. The van der Waals surface area contributed by atoms with E-state index in [0.29, 0.717) is 19.4 Å². The summed E-state index contributed by atoms with van der Waals surface area (Å²) in [6.45, 7) is 2.54. The standard InChI is InChI=1S/C8H18NO3S/c1-4-5-8(13(10,11)12)6-7-9(2)3/h4-7H2,1-3H3,(H,10,11,12). The van der Waals surface area contributed by atoms with Crippen molar-refractivity contribution < 1.29 is 13.0 Å². The topological polar surface area (TPSA) is 57.6 Å². The Hall–Kier alpha value is -0.130. The fourth-order valence-corrected chi connectivity index (χ4v) is 1.82. The molecular weight excluding hydrogens is 190 g/mol. The van der Waals surface area contributed by atoms with Crippen molar-refractivity contribution in [1.82, 2.24) is 4.90 Å². The molecular formula is C8H18NO3S. The minimum atomic E-state index is -3.93. The third kappa shape index (κ3) is 6.01. The lowest BCUT2D eigenvalue weighted by Gasteiger charge is -2.14. The van der Waals surface area contributed by atoms with Crippen LogP contribution in [-0.4, -0.2) is 38.5 Å². The number of hydrogen-bond donors (Lipinski definition) is 1. The van der Waals surface area contributed by atoms with Crippen LogP contribution in [0.4, 0.5) is 0 Å². The van der Waals surface area contributed by atoms with Gasteiger partial charge in [0.05, 0.1) is 0 Å². The summed E-state index contributed by atoms with van der Waals surface area (Å²) >= 11 is 0. The van der Waals surface area contributed by atoms with Gasteiger partial charge in [-0.05, 0) is 33.5 Å². The van der Waals surface area contributed by atoms with Crippen LogP contribution in [0.25, 0.3) is 0 Å². The van der Waals surface area contributed by atoms with E-state index in [1.807, 2.05) is 25.9 Å². The molecule has 0 unspecified atom stereocenters. The number of rotatable bonds is 6. The molecule has 1 radical (unpaired) electrons. The molecule has 0 heterocycles. The molecule has 0 aromatic heterocycles. The Kier molecular flexibility index (Phi) is 5.51. The molecule has 0 saturated heterocycles. The van der Waals surface area contributed by atoms with Gasteiger partial charge in [0.1, 0.15) is 5.25 Å². The highest BCUT2D eigenvalue weighted by Gasteiger charge is 2.22. The van der Waals surface area contributed by atoms with Crippen molar-refractivity contribution >= 4 is 10.1 Å². The van der Waals surface area contributed by atoms with Gasteiger partial charge in [0.15, 0.2) is 0 Å². The molecule has 0 bridgehead atoms. The Morgan fingerprint density at radius 2 is 1.85 bits per heavy atom. The molecule has 0 rings (SSSR count). The van der Waals surface area contributed by atoms with Crippen molar-refractivity contribution in [3.8, 4) is 0 Å². The lowest BCUT2D eigenvalue weighted by Crippen LogP contribution is -2.20. The van der Waals surface area contributed by atoms with Crippen LogP contribution < -0.4 is 0 Å². The third-order valence-electron chi connectivity index (χ3n) is 1.73. The Labute approximate surface area is 80.7 Å². The molecule has 0 aliphatic heterocycles. The highest BCUT2D eigenvalue weighted by atomic mass is 32.2. The highest BCUT2D eigenvalue weighted by molar-refractivity contribution is 7.88. The quantitative estimate of drug-likeness (QED) is 0.665. The zero-order valence-corrected chi connectivity index (χ0v) is 9.26. The first-order chi connectivity index (χ1) is 5.88. The summed E-state index contributed by atoms with van der Waals surface area (Å²) in [5, 5.41) is 0.240. The summed E-state index contributed by atoms with van der Waals surface area (Å²) < 4.78 is 30.5. The van der Waals surface area contributed by atoms with Crippen LogP contribution >= 0.6 is 0 Å². The molecule has 0 spiro atoms. The second kappa shape index (κ2) is 5.57. The van der Waals surface area contributed by atoms with E-state index in [0.717, 1.165) is 6.42 Å². The fourth-order valence-electron chi connectivity index (χ4n) is 1.01. The molecule has 0 aromatic carbocycles. The van der Waals surface area contributed by atoms with Gasteiger partial charge < -0.3 is 4.90 Å². The maximum absolute atomic E-state index is 10.8. The maximum Gasteiger partial charge on any atom is 0.272 e. The zero-order valence-electron chi connectivity index (χ0n) is 8.45. The van der Waals surface area contributed by atoms with Crippen molar-refractivity contribution in [2.24, 2.45) is 0 Å². The smallest absolute Gasteiger partial charge is 0.272 e. The molecule has 0 aliphatic rings. The molecule has 0 aliphatic carbocycles. The molecule has 79 valence electrons. The van der Waals surface area contributed by atoms with Crippen LogP contribution in [0, 0.1) is 5.25 Å². The van der Waals surface area contributed by atoms with E-state index in [1.54, 1.807) is 0 Å². The van der Waals surface area contributed by atoms with Crippen LogP contribution in [0.1, 0.15) is 26.2 Å². The maximum atomic E-state index is 10.8. The van der Waals surface area contributed by atoms with Gasteiger partial charge in [-0.15, -0.1) is 0 Å². The minimum Gasteiger partial charge on any atom is -0.309 e. The summed E-state index contributed by atoms with van der Waals surface area (Å²) in [6, 6.07) is 0. The summed E-state index contributed by atoms with van der Waals surface area (Å²) in [7, 11) is -0.196. The molecule has 0 aromatic rings. The van der Waals surface area contributed by atoms with Crippen molar-refractivity contribution in [2.45, 2.75) is 26.2 Å². The second-order valence-electron chi connectivity index (χ2n) is 3.32. The summed E-state index contributed by atoms with van der Waals surface area (Å²) in [4.78, 5) is 1.89. The van der Waals surface area contributed by atoms with Crippen LogP contribution in [-0.2, 0) is 10.1 Å². The third-order valence-corrected chi connectivity index (χ3v) is 2.87. The molecule has 1 N–H and O–H groups in total. The van der Waals surface area contributed by atoms with Gasteiger partial charge in [-0.1, -0.05) is 13.3 Å². The number of nitrogens with zero attached hydrogens (tertiary/aromatic N) is 1.